The summed E-state index contributed by atoms with van der Waals surface area (Å²) in [6, 6.07) is 1.09. The van der Waals surface area contributed by atoms with Crippen LogP contribution in [0, 0.1) is 0 Å². The van der Waals surface area contributed by atoms with Gasteiger partial charge in [0.1, 0.15) is 0 Å². The summed E-state index contributed by atoms with van der Waals surface area (Å²) in [5, 5.41) is -0.741. The smallest absolute Gasteiger partial charge is 0.0647 e. The van der Waals surface area contributed by atoms with E-state index in [4.69, 9.17) is 16.4 Å². The zero-order chi connectivity index (χ0) is 51.7. The van der Waals surface area contributed by atoms with Crippen molar-refractivity contribution in [3.8, 4) is 33.6 Å². The lowest BCUT2D eigenvalue weighted by Gasteiger charge is -2.13. The Bertz CT molecular complexity index is 4320. The van der Waals surface area contributed by atoms with Crippen LogP contribution in [0.1, 0.15) is 28.8 Å². The highest BCUT2D eigenvalue weighted by Crippen LogP contribution is 2.44. The van der Waals surface area contributed by atoms with Crippen LogP contribution in [0.2, 0.25) is 0 Å². The van der Waals surface area contributed by atoms with Crippen molar-refractivity contribution in [2.24, 2.45) is 0 Å². The molecule has 0 bridgehead atoms. The number of hydrogen-bond donors (Lipinski definition) is 0. The number of thiophene rings is 1. The largest absolute Gasteiger partial charge is 0.309 e. The summed E-state index contributed by atoms with van der Waals surface area (Å²) in [7, 11) is 0. The first-order valence-corrected chi connectivity index (χ1v) is 16.5. The first-order chi connectivity index (χ1) is 34.1. The van der Waals surface area contributed by atoms with Gasteiger partial charge in [-0.2, -0.15) is 0 Å². The van der Waals surface area contributed by atoms with Gasteiger partial charge in [0.2, 0.25) is 0 Å². The molecule has 0 saturated heterocycles. The van der Waals surface area contributed by atoms with Gasteiger partial charge in [-0.05, 0) is 88.8 Å². The molecule has 0 amide bonds. The maximum Gasteiger partial charge on any atom is 0.0647 e. The third-order valence-electron chi connectivity index (χ3n) is 8.88. The summed E-state index contributed by atoms with van der Waals surface area (Å²) in [5.41, 5.74) is -2.29. The molecule has 238 valence electrons. The van der Waals surface area contributed by atoms with Crippen molar-refractivity contribution in [1.82, 2.24) is 9.13 Å². The number of para-hydroxylation sites is 3. The molecule has 0 aliphatic carbocycles. The first-order valence-electron chi connectivity index (χ1n) is 26.2. The second kappa shape index (κ2) is 11.0. The Morgan fingerprint density at radius 1 is 0.412 bits per heavy atom. The van der Waals surface area contributed by atoms with Crippen molar-refractivity contribution < 1.29 is 28.8 Å². The van der Waals surface area contributed by atoms with Gasteiger partial charge in [-0.25, -0.2) is 0 Å². The van der Waals surface area contributed by atoms with Crippen molar-refractivity contribution in [2.45, 2.75) is 0 Å². The molecule has 0 atom stereocenters. The van der Waals surface area contributed by atoms with Crippen LogP contribution in [-0.2, 0) is 0 Å². The lowest BCUT2D eigenvalue weighted by Crippen LogP contribution is -1.95. The highest BCUT2D eigenvalue weighted by molar-refractivity contribution is 7.26. The molecule has 0 radical (unpaired) electrons. The highest BCUT2D eigenvalue weighted by Gasteiger charge is 2.19. The summed E-state index contributed by atoms with van der Waals surface area (Å²) in [4.78, 5) is 0. The molecule has 3 aromatic heterocycles. The third-order valence-corrected chi connectivity index (χ3v) is 10.1. The Labute approximate surface area is 328 Å². The minimum Gasteiger partial charge on any atom is -0.309 e. The molecule has 0 N–H and O–H groups in total. The highest BCUT2D eigenvalue weighted by atomic mass is 32.1. The quantitative estimate of drug-likeness (QED) is 0.174. The predicted molar refractivity (Wildman–Crippen MR) is 219 cm³/mol. The van der Waals surface area contributed by atoms with E-state index in [2.05, 4.69) is 0 Å². The second-order valence-corrected chi connectivity index (χ2v) is 12.7. The molecular formula is C48H30N2S. The number of hydrogen-bond acceptors (Lipinski definition) is 1. The molecule has 0 saturated carbocycles. The summed E-state index contributed by atoms with van der Waals surface area (Å²) >= 11 is 1.20. The second-order valence-electron chi connectivity index (χ2n) is 11.7. The van der Waals surface area contributed by atoms with Gasteiger partial charge in [-0.1, -0.05) is 115 Å². The van der Waals surface area contributed by atoms with Crippen molar-refractivity contribution in [3.05, 3.63) is 181 Å². The topological polar surface area (TPSA) is 9.86 Å². The molecule has 8 aromatic carbocycles. The number of rotatable bonds is 4. The fraction of sp³-hybridized carbons (Fsp3) is 0. The van der Waals surface area contributed by atoms with Crippen molar-refractivity contribution in [1.29, 1.82) is 0 Å². The Morgan fingerprint density at radius 3 is 1.73 bits per heavy atom. The Balaban J connectivity index is 1.35. The van der Waals surface area contributed by atoms with E-state index in [1.54, 1.807) is 54.6 Å². The van der Waals surface area contributed by atoms with E-state index >= 15 is 0 Å². The molecule has 3 heterocycles. The van der Waals surface area contributed by atoms with E-state index < -0.39 is 153 Å². The van der Waals surface area contributed by atoms with Gasteiger partial charge in [0, 0.05) is 42.7 Å². The van der Waals surface area contributed by atoms with Crippen molar-refractivity contribution in [2.75, 3.05) is 0 Å². The van der Waals surface area contributed by atoms with E-state index in [-0.39, 0.29) is 39.6 Å². The monoisotopic (exact) mass is 687 g/mol. The molecule has 3 heteroatoms. The van der Waals surface area contributed by atoms with Crippen molar-refractivity contribution in [3.63, 3.8) is 0 Å². The van der Waals surface area contributed by atoms with Gasteiger partial charge in [-0.3, -0.25) is 0 Å². The van der Waals surface area contributed by atoms with Gasteiger partial charge < -0.3 is 9.13 Å². The molecule has 11 rings (SSSR count). The lowest BCUT2D eigenvalue weighted by atomic mass is 10.0. The fourth-order valence-corrected chi connectivity index (χ4v) is 7.83. The standard InChI is InChI=1S/C48H30N2S/c1-3-13-31(14-4-1)34-29-41-38-19-9-12-22-47(38)51-48(41)46(30-34)50-43-21-11-8-18-37(43)40-28-33(24-26-45(40)50)32-23-25-44-39(27-32)36-17-7-10-20-42(36)49(44)35-15-5-2-6-16-35/h1-30H/i2D,5D,6D,7D,8D,10D,11D,15D,16D,17D,18D,19D,20D,21D,23D,24D,25D,26D,27D,28D,29D. The molecule has 0 fully saturated rings. The zero-order valence-corrected chi connectivity index (χ0v) is 26.8. The zero-order valence-electron chi connectivity index (χ0n) is 47.0. The van der Waals surface area contributed by atoms with Crippen LogP contribution in [0.5, 0.6) is 0 Å². The Hall–Kier alpha value is -6.42. The number of benzene rings is 8. The van der Waals surface area contributed by atoms with Crippen LogP contribution in [-0.4, -0.2) is 9.13 Å². The van der Waals surface area contributed by atoms with Crippen LogP contribution in [0.3, 0.4) is 0 Å². The summed E-state index contributed by atoms with van der Waals surface area (Å²) in [6.07, 6.45) is 0. The van der Waals surface area contributed by atoms with Gasteiger partial charge in [-0.15, -0.1) is 11.3 Å². The maximum atomic E-state index is 10.0. The Morgan fingerprint density at radius 2 is 1.00 bits per heavy atom. The van der Waals surface area contributed by atoms with Crippen molar-refractivity contribution >= 4 is 75.1 Å². The number of nitrogens with zero attached hydrogens (tertiary/aromatic N) is 2. The average Bonchev–Trinajstić information content (AvgIpc) is 4.06. The summed E-state index contributed by atoms with van der Waals surface area (Å²) < 4.78 is 195. The molecule has 0 aliphatic heterocycles. The van der Waals surface area contributed by atoms with Crippen LogP contribution < -0.4 is 0 Å². The minimum atomic E-state index is -0.887. The van der Waals surface area contributed by atoms with Crippen LogP contribution in [0.4, 0.5) is 0 Å². The molecule has 2 nitrogen and oxygen atoms in total. The van der Waals surface area contributed by atoms with Crippen LogP contribution in [0.25, 0.3) is 97.4 Å². The van der Waals surface area contributed by atoms with Crippen LogP contribution >= 0.6 is 11.3 Å². The summed E-state index contributed by atoms with van der Waals surface area (Å²) in [6.45, 7) is 0. The lowest BCUT2D eigenvalue weighted by molar-refractivity contribution is 1.18. The van der Waals surface area contributed by atoms with E-state index in [1.165, 1.54) is 15.9 Å². The molecule has 0 spiro atoms. The Kier molecular flexibility index (Phi) is 3.21. The van der Waals surface area contributed by atoms with E-state index in [1.807, 2.05) is 0 Å². The fourth-order valence-electron chi connectivity index (χ4n) is 6.69. The first kappa shape index (κ1) is 14.8. The van der Waals surface area contributed by atoms with E-state index in [0.29, 0.717) is 31.3 Å². The van der Waals surface area contributed by atoms with Gasteiger partial charge >= 0.3 is 0 Å². The van der Waals surface area contributed by atoms with Gasteiger partial charge in [0.15, 0.2) is 0 Å². The molecule has 0 aliphatic rings. The normalized spacial score (nSPS) is 17.7. The van der Waals surface area contributed by atoms with Gasteiger partial charge in [0.05, 0.1) is 61.2 Å². The molecule has 51 heavy (non-hydrogen) atoms. The SMILES string of the molecule is [2H]c1c([2H])c([2H])c(-n2c3c([2H])c([2H])c([2H])c([2H])c3c3c([2H])c(-c4c([2H])c([2H])c5c(c4[2H])c4c([2H])c([2H])c([2H])c([2H])c4n5-c4cc(-c5ccccc5)c([2H])c5c4sc4cccc([2H])c45)c([2H])c([2H])c32)c([2H])c1[2H]. The van der Waals surface area contributed by atoms with Gasteiger partial charge in [0.25, 0.3) is 0 Å². The van der Waals surface area contributed by atoms with E-state index in [0.717, 1.165) is 4.57 Å². The molecular weight excluding hydrogens is 637 g/mol. The number of fused-ring (bicyclic) bond motifs is 9. The molecule has 0 unspecified atom stereocenters. The van der Waals surface area contributed by atoms with Crippen LogP contribution in [0.15, 0.2) is 181 Å². The maximum absolute atomic E-state index is 10.0. The summed E-state index contributed by atoms with van der Waals surface area (Å²) in [5.74, 6) is 0. The van der Waals surface area contributed by atoms with E-state index in [9.17, 15) is 12.3 Å². The average molecular weight is 688 g/mol. The minimum absolute atomic E-state index is 0.0506. The third kappa shape index (κ3) is 4.29. The predicted octanol–water partition coefficient (Wildman–Crippen LogP) is 13.6. The molecule has 11 aromatic rings. The number of aromatic nitrogens is 2.